The van der Waals surface area contributed by atoms with Crippen LogP contribution < -0.4 is 5.73 Å². The summed E-state index contributed by atoms with van der Waals surface area (Å²) in [6.45, 7) is 3.02. The molecule has 1 aliphatic heterocycles. The van der Waals surface area contributed by atoms with Crippen LogP contribution in [0.2, 0.25) is 0 Å². The van der Waals surface area contributed by atoms with E-state index in [4.69, 9.17) is 5.73 Å². The van der Waals surface area contributed by atoms with Crippen molar-refractivity contribution in [3.05, 3.63) is 0 Å². The van der Waals surface area contributed by atoms with E-state index in [1.165, 1.54) is 19.4 Å². The molecule has 3 heteroatoms. The molecule has 0 aromatic rings. The van der Waals surface area contributed by atoms with Crippen molar-refractivity contribution in [2.24, 2.45) is 17.1 Å². The van der Waals surface area contributed by atoms with E-state index in [1.807, 2.05) is 0 Å². The average molecular weight is 196 g/mol. The maximum Gasteiger partial charge on any atom is 0.134 e. The Labute approximate surface area is 85.6 Å². The molecule has 0 bridgehead atoms. The summed E-state index contributed by atoms with van der Waals surface area (Å²) in [6.07, 6.45) is 4.00. The maximum atomic E-state index is 11.1. The van der Waals surface area contributed by atoms with Crippen molar-refractivity contribution in [2.45, 2.75) is 25.7 Å². The van der Waals surface area contributed by atoms with Gasteiger partial charge in [0.2, 0.25) is 0 Å². The molecule has 2 N–H and O–H groups in total. The lowest BCUT2D eigenvalue weighted by Crippen LogP contribution is -2.53. The zero-order valence-electron chi connectivity index (χ0n) is 8.96. The van der Waals surface area contributed by atoms with Crippen LogP contribution in [-0.2, 0) is 4.79 Å². The van der Waals surface area contributed by atoms with E-state index in [0.717, 1.165) is 19.4 Å². The van der Waals surface area contributed by atoms with Gasteiger partial charge in [0, 0.05) is 24.8 Å². The zero-order valence-corrected chi connectivity index (χ0v) is 8.96. The number of likely N-dealkylation sites (tertiary alicyclic amines) is 1. The maximum absolute atomic E-state index is 11.1. The van der Waals surface area contributed by atoms with Crippen LogP contribution in [0.25, 0.3) is 0 Å². The fourth-order valence-corrected chi connectivity index (χ4v) is 3.00. The van der Waals surface area contributed by atoms with Crippen LogP contribution in [0.5, 0.6) is 0 Å². The van der Waals surface area contributed by atoms with E-state index >= 15 is 0 Å². The number of rotatable bonds is 2. The van der Waals surface area contributed by atoms with Crippen molar-refractivity contribution in [1.29, 1.82) is 0 Å². The fourth-order valence-electron chi connectivity index (χ4n) is 3.00. The van der Waals surface area contributed by atoms with Crippen LogP contribution >= 0.6 is 0 Å². The van der Waals surface area contributed by atoms with Gasteiger partial charge in [0.1, 0.15) is 5.78 Å². The molecule has 2 aliphatic rings. The number of hydrogen-bond acceptors (Lipinski definition) is 3. The van der Waals surface area contributed by atoms with Gasteiger partial charge in [-0.2, -0.15) is 0 Å². The lowest BCUT2D eigenvalue weighted by atomic mass is 9.58. The first-order chi connectivity index (χ1) is 6.66. The molecule has 0 aromatic heterocycles. The predicted octanol–water partition coefficient (Wildman–Crippen LogP) is 0.636. The number of piperidine rings is 1. The number of nitrogens with two attached hydrogens (primary N) is 1. The number of Topliss-reactive ketones (excluding diaryl/α,β-unsaturated/α-hetero) is 1. The summed E-state index contributed by atoms with van der Waals surface area (Å²) >= 11 is 0. The molecular formula is C11H20N2O. The number of carbonyl (C=O) groups is 1. The molecule has 14 heavy (non-hydrogen) atoms. The summed E-state index contributed by atoms with van der Waals surface area (Å²) < 4.78 is 0. The van der Waals surface area contributed by atoms with Crippen molar-refractivity contribution in [1.82, 2.24) is 4.90 Å². The molecule has 80 valence electrons. The molecule has 2 fully saturated rings. The van der Waals surface area contributed by atoms with Crippen molar-refractivity contribution in [2.75, 3.05) is 26.7 Å². The van der Waals surface area contributed by atoms with Gasteiger partial charge in [-0.1, -0.05) is 0 Å². The molecule has 1 atom stereocenters. The van der Waals surface area contributed by atoms with Crippen LogP contribution in [0.15, 0.2) is 0 Å². The molecule has 1 saturated carbocycles. The minimum atomic E-state index is 0.172. The summed E-state index contributed by atoms with van der Waals surface area (Å²) in [6, 6.07) is 0. The fraction of sp³-hybridized carbons (Fsp3) is 0.909. The second kappa shape index (κ2) is 3.63. The number of carbonyl (C=O) groups excluding carboxylic acids is 1. The van der Waals surface area contributed by atoms with Gasteiger partial charge in [-0.05, 0) is 38.9 Å². The zero-order chi connectivity index (χ0) is 10.2. The van der Waals surface area contributed by atoms with Gasteiger partial charge in [-0.25, -0.2) is 0 Å². The molecule has 0 amide bonds. The molecule has 1 aliphatic carbocycles. The average Bonchev–Trinajstić information content (AvgIpc) is 2.12. The van der Waals surface area contributed by atoms with Crippen LogP contribution in [0.4, 0.5) is 0 Å². The summed E-state index contributed by atoms with van der Waals surface area (Å²) in [5.41, 5.74) is 6.01. The second-order valence-corrected chi connectivity index (χ2v) is 5.06. The summed E-state index contributed by atoms with van der Waals surface area (Å²) in [4.78, 5) is 13.5. The van der Waals surface area contributed by atoms with Crippen LogP contribution in [0.3, 0.4) is 0 Å². The number of hydrogen-bond donors (Lipinski definition) is 1. The Morgan fingerprint density at radius 3 is 2.79 bits per heavy atom. The molecule has 0 spiro atoms. The Balaban J connectivity index is 2.01. The normalized spacial score (nSPS) is 32.7. The molecule has 1 heterocycles. The molecular weight excluding hydrogens is 176 g/mol. The Morgan fingerprint density at radius 2 is 2.29 bits per heavy atom. The first-order valence-corrected chi connectivity index (χ1v) is 5.56. The van der Waals surface area contributed by atoms with E-state index in [-0.39, 0.29) is 5.41 Å². The highest BCUT2D eigenvalue weighted by molar-refractivity contribution is 5.86. The largest absolute Gasteiger partial charge is 0.330 e. The topological polar surface area (TPSA) is 46.3 Å². The molecule has 2 rings (SSSR count). The van der Waals surface area contributed by atoms with Gasteiger partial charge in [0.25, 0.3) is 0 Å². The Bertz CT molecular complexity index is 231. The number of ketones is 1. The third-order valence-electron chi connectivity index (χ3n) is 4.00. The van der Waals surface area contributed by atoms with Gasteiger partial charge < -0.3 is 10.6 Å². The quantitative estimate of drug-likeness (QED) is 0.705. The third-order valence-corrected chi connectivity index (χ3v) is 4.00. The van der Waals surface area contributed by atoms with Crippen molar-refractivity contribution >= 4 is 5.78 Å². The summed E-state index contributed by atoms with van der Waals surface area (Å²) in [5.74, 6) is 1.06. The van der Waals surface area contributed by atoms with Crippen LogP contribution in [0, 0.1) is 11.3 Å². The standard InChI is InChI=1S/C11H20N2O/c1-13-4-2-3-9(7-13)11(8-12)5-10(14)6-11/h9H,2-8,12H2,1H3. The van der Waals surface area contributed by atoms with Gasteiger partial charge in [-0.3, -0.25) is 4.79 Å². The van der Waals surface area contributed by atoms with E-state index in [2.05, 4.69) is 11.9 Å². The lowest BCUT2D eigenvalue weighted by molar-refractivity contribution is -0.137. The first-order valence-electron chi connectivity index (χ1n) is 5.56. The summed E-state index contributed by atoms with van der Waals surface area (Å²) in [5, 5.41) is 0. The lowest BCUT2D eigenvalue weighted by Gasteiger charge is -2.49. The van der Waals surface area contributed by atoms with E-state index < -0.39 is 0 Å². The van der Waals surface area contributed by atoms with Gasteiger partial charge in [0.05, 0.1) is 0 Å². The Hall–Kier alpha value is -0.410. The SMILES string of the molecule is CN1CCCC(C2(CN)CC(=O)C2)C1. The van der Waals surface area contributed by atoms with Crippen molar-refractivity contribution < 1.29 is 4.79 Å². The smallest absolute Gasteiger partial charge is 0.134 e. The monoisotopic (exact) mass is 196 g/mol. The predicted molar refractivity (Wildman–Crippen MR) is 55.9 cm³/mol. The van der Waals surface area contributed by atoms with Crippen LogP contribution in [0.1, 0.15) is 25.7 Å². The van der Waals surface area contributed by atoms with Crippen LogP contribution in [-0.4, -0.2) is 37.4 Å². The van der Waals surface area contributed by atoms with Gasteiger partial charge >= 0.3 is 0 Å². The molecule has 1 saturated heterocycles. The summed E-state index contributed by atoms with van der Waals surface area (Å²) in [7, 11) is 2.16. The Morgan fingerprint density at radius 1 is 1.57 bits per heavy atom. The molecule has 0 radical (unpaired) electrons. The molecule has 1 unspecified atom stereocenters. The minimum absolute atomic E-state index is 0.172. The highest BCUT2D eigenvalue weighted by Crippen LogP contribution is 2.46. The van der Waals surface area contributed by atoms with Gasteiger partial charge in [-0.15, -0.1) is 0 Å². The minimum Gasteiger partial charge on any atom is -0.330 e. The first kappa shape index (κ1) is 10.1. The number of nitrogens with zero attached hydrogens (tertiary/aromatic N) is 1. The van der Waals surface area contributed by atoms with E-state index in [1.54, 1.807) is 0 Å². The van der Waals surface area contributed by atoms with E-state index in [9.17, 15) is 4.79 Å². The van der Waals surface area contributed by atoms with Gasteiger partial charge in [0.15, 0.2) is 0 Å². The Kier molecular flexibility index (Phi) is 2.62. The highest BCUT2D eigenvalue weighted by atomic mass is 16.1. The highest BCUT2D eigenvalue weighted by Gasteiger charge is 2.48. The van der Waals surface area contributed by atoms with Crippen molar-refractivity contribution in [3.63, 3.8) is 0 Å². The third kappa shape index (κ3) is 1.59. The van der Waals surface area contributed by atoms with E-state index in [0.29, 0.717) is 18.2 Å². The van der Waals surface area contributed by atoms with Crippen molar-refractivity contribution in [3.8, 4) is 0 Å². The second-order valence-electron chi connectivity index (χ2n) is 5.06. The molecule has 3 nitrogen and oxygen atoms in total. The molecule has 0 aromatic carbocycles.